The molecule has 10 heteroatoms. The van der Waals surface area contributed by atoms with Gasteiger partial charge >= 0.3 is 6.03 Å². The molecule has 0 bridgehead atoms. The van der Waals surface area contributed by atoms with Crippen molar-refractivity contribution in [3.05, 3.63) is 65.7 Å². The van der Waals surface area contributed by atoms with Crippen molar-refractivity contribution >= 4 is 27.7 Å². The van der Waals surface area contributed by atoms with Gasteiger partial charge in [0.2, 0.25) is 10.0 Å². The molecule has 0 spiro atoms. The second-order valence-corrected chi connectivity index (χ2v) is 9.71. The average Bonchev–Trinajstić information content (AvgIpc) is 3.04. The Morgan fingerprint density at radius 3 is 2.28 bits per heavy atom. The van der Waals surface area contributed by atoms with Gasteiger partial charge in [-0.15, -0.1) is 0 Å². The largest absolute Gasteiger partial charge is 0.379 e. The molecule has 4 rings (SSSR count). The fourth-order valence-corrected chi connectivity index (χ4v) is 5.20. The van der Waals surface area contributed by atoms with Gasteiger partial charge in [0.1, 0.15) is 5.54 Å². The molecule has 2 aliphatic heterocycles. The molecule has 3 amide bonds. The highest BCUT2D eigenvalue weighted by Crippen LogP contribution is 2.28. The molecule has 1 atom stereocenters. The molecule has 2 aromatic carbocycles. The Hall–Kier alpha value is -3.08. The van der Waals surface area contributed by atoms with Crippen molar-refractivity contribution in [2.24, 2.45) is 0 Å². The number of ether oxygens (including phenoxy) is 1. The topological polar surface area (TPSA) is 113 Å². The van der Waals surface area contributed by atoms with Crippen molar-refractivity contribution in [3.8, 4) is 0 Å². The molecule has 0 saturated carbocycles. The van der Waals surface area contributed by atoms with Crippen molar-refractivity contribution < 1.29 is 27.5 Å². The molecule has 32 heavy (non-hydrogen) atoms. The van der Waals surface area contributed by atoms with Crippen molar-refractivity contribution in [3.63, 3.8) is 0 Å². The zero-order chi connectivity index (χ0) is 22.9. The number of carbonyl (C=O) groups excluding carboxylic acids is 3. The lowest BCUT2D eigenvalue weighted by Crippen LogP contribution is -2.41. The van der Waals surface area contributed by atoms with Gasteiger partial charge in [0, 0.05) is 18.7 Å². The number of nitrogens with one attached hydrogen (secondary N) is 1. The molecule has 0 aromatic heterocycles. The third kappa shape index (κ3) is 3.92. The zero-order valence-corrected chi connectivity index (χ0v) is 18.3. The van der Waals surface area contributed by atoms with Gasteiger partial charge in [0.15, 0.2) is 5.78 Å². The van der Waals surface area contributed by atoms with E-state index >= 15 is 0 Å². The van der Waals surface area contributed by atoms with Gasteiger partial charge in [0.25, 0.3) is 5.91 Å². The van der Waals surface area contributed by atoms with Gasteiger partial charge in [-0.1, -0.05) is 30.3 Å². The van der Waals surface area contributed by atoms with Gasteiger partial charge in [-0.25, -0.2) is 13.2 Å². The molecule has 9 nitrogen and oxygen atoms in total. The SMILES string of the molecule is CC1(c2ccccc2)NC(=O)N(CC(=O)c2ccc(S(=O)(=O)N3CCOCC3)cc2)C1=O. The molecule has 0 radical (unpaired) electrons. The standard InChI is InChI=1S/C22H23N3O6S/c1-22(17-5-3-2-4-6-17)20(27)25(21(28)23-22)15-19(26)16-7-9-18(10-8-16)32(29,30)24-11-13-31-14-12-24/h2-10H,11-15H2,1H3,(H,23,28). The molecule has 2 aliphatic rings. The van der Waals surface area contributed by atoms with Crippen LogP contribution in [-0.2, 0) is 25.1 Å². The quantitative estimate of drug-likeness (QED) is 0.518. The van der Waals surface area contributed by atoms with Crippen LogP contribution in [0.15, 0.2) is 59.5 Å². The summed E-state index contributed by atoms with van der Waals surface area (Å²) in [5.74, 6) is -0.991. The zero-order valence-electron chi connectivity index (χ0n) is 17.5. The highest BCUT2D eigenvalue weighted by atomic mass is 32.2. The summed E-state index contributed by atoms with van der Waals surface area (Å²) >= 11 is 0. The van der Waals surface area contributed by atoms with Crippen LogP contribution in [-0.4, -0.2) is 68.2 Å². The van der Waals surface area contributed by atoms with E-state index in [1.165, 1.54) is 28.6 Å². The first-order valence-corrected chi connectivity index (χ1v) is 11.6. The van der Waals surface area contributed by atoms with Gasteiger partial charge in [-0.3, -0.25) is 14.5 Å². The molecule has 2 aromatic rings. The Morgan fingerprint density at radius 2 is 1.66 bits per heavy atom. The minimum atomic E-state index is -3.68. The van der Waals surface area contributed by atoms with E-state index in [1.54, 1.807) is 37.3 Å². The number of rotatable bonds is 6. The number of amides is 3. The second kappa shape index (κ2) is 8.45. The van der Waals surface area contributed by atoms with Crippen LogP contribution in [0.3, 0.4) is 0 Å². The van der Waals surface area contributed by atoms with E-state index in [9.17, 15) is 22.8 Å². The van der Waals surface area contributed by atoms with Crippen LogP contribution in [0.4, 0.5) is 4.79 Å². The van der Waals surface area contributed by atoms with Gasteiger partial charge < -0.3 is 10.1 Å². The minimum absolute atomic E-state index is 0.0718. The smallest absolute Gasteiger partial charge is 0.325 e. The Bertz CT molecular complexity index is 1140. The number of morpholine rings is 1. The molecule has 2 saturated heterocycles. The number of benzene rings is 2. The number of ketones is 1. The Morgan fingerprint density at radius 1 is 1.03 bits per heavy atom. The van der Waals surface area contributed by atoms with Crippen LogP contribution in [0, 0.1) is 0 Å². The number of nitrogens with zero attached hydrogens (tertiary/aromatic N) is 2. The molecule has 0 aliphatic carbocycles. The minimum Gasteiger partial charge on any atom is -0.379 e. The third-order valence-corrected chi connectivity index (χ3v) is 7.62. The number of Topliss-reactive ketones (excluding diaryl/α,β-unsaturated/α-hetero) is 1. The van der Waals surface area contributed by atoms with E-state index in [-0.39, 0.29) is 23.5 Å². The van der Waals surface area contributed by atoms with E-state index in [0.717, 1.165) is 4.90 Å². The molecule has 2 fully saturated rings. The number of sulfonamides is 1. The summed E-state index contributed by atoms with van der Waals surface area (Å²) in [4.78, 5) is 39.1. The second-order valence-electron chi connectivity index (χ2n) is 7.78. The van der Waals surface area contributed by atoms with E-state index < -0.39 is 39.8 Å². The first-order chi connectivity index (χ1) is 15.2. The van der Waals surface area contributed by atoms with Crippen LogP contribution in [0.5, 0.6) is 0 Å². The number of urea groups is 1. The van der Waals surface area contributed by atoms with Crippen molar-refractivity contribution in [2.45, 2.75) is 17.4 Å². The Labute approximate surface area is 186 Å². The summed E-state index contributed by atoms with van der Waals surface area (Å²) in [6.45, 7) is 2.37. The normalized spacial score (nSPS) is 22.1. The highest BCUT2D eigenvalue weighted by Gasteiger charge is 2.49. The van der Waals surface area contributed by atoms with Gasteiger partial charge in [-0.2, -0.15) is 4.31 Å². The van der Waals surface area contributed by atoms with E-state index in [2.05, 4.69) is 5.32 Å². The van der Waals surface area contributed by atoms with Crippen LogP contribution in [0.25, 0.3) is 0 Å². The summed E-state index contributed by atoms with van der Waals surface area (Å²) in [6, 6.07) is 13.7. The lowest BCUT2D eigenvalue weighted by Gasteiger charge is -2.26. The monoisotopic (exact) mass is 457 g/mol. The van der Waals surface area contributed by atoms with Gasteiger partial charge in [0.05, 0.1) is 24.7 Å². The summed E-state index contributed by atoms with van der Waals surface area (Å²) in [6.07, 6.45) is 0. The summed E-state index contributed by atoms with van der Waals surface area (Å²) < 4.78 is 32.0. The third-order valence-electron chi connectivity index (χ3n) is 5.71. The number of hydrogen-bond donors (Lipinski definition) is 1. The maximum absolute atomic E-state index is 13.0. The first-order valence-electron chi connectivity index (χ1n) is 10.1. The fraction of sp³-hybridized carbons (Fsp3) is 0.318. The predicted octanol–water partition coefficient (Wildman–Crippen LogP) is 1.36. The fourth-order valence-electron chi connectivity index (χ4n) is 3.79. The number of hydrogen-bond acceptors (Lipinski definition) is 6. The van der Waals surface area contributed by atoms with Crippen LogP contribution >= 0.6 is 0 Å². The molecule has 168 valence electrons. The van der Waals surface area contributed by atoms with Crippen LogP contribution in [0.2, 0.25) is 0 Å². The van der Waals surface area contributed by atoms with E-state index in [0.29, 0.717) is 18.8 Å². The van der Waals surface area contributed by atoms with E-state index in [1.807, 2.05) is 0 Å². The van der Waals surface area contributed by atoms with Crippen molar-refractivity contribution in [1.29, 1.82) is 0 Å². The van der Waals surface area contributed by atoms with Crippen molar-refractivity contribution in [1.82, 2.24) is 14.5 Å². The summed E-state index contributed by atoms with van der Waals surface area (Å²) in [5.41, 5.74) is -0.430. The average molecular weight is 458 g/mol. The highest BCUT2D eigenvalue weighted by molar-refractivity contribution is 7.89. The molecule has 1 unspecified atom stereocenters. The maximum atomic E-state index is 13.0. The Balaban J connectivity index is 1.48. The van der Waals surface area contributed by atoms with Gasteiger partial charge in [-0.05, 0) is 36.8 Å². The lowest BCUT2D eigenvalue weighted by atomic mass is 9.92. The Kier molecular flexibility index (Phi) is 5.85. The predicted molar refractivity (Wildman–Crippen MR) is 114 cm³/mol. The molecule has 1 N–H and O–H groups in total. The van der Waals surface area contributed by atoms with Crippen molar-refractivity contribution in [2.75, 3.05) is 32.8 Å². The molecule has 2 heterocycles. The molecular weight excluding hydrogens is 434 g/mol. The number of imide groups is 1. The van der Waals surface area contributed by atoms with Crippen LogP contribution in [0.1, 0.15) is 22.8 Å². The van der Waals surface area contributed by atoms with E-state index in [4.69, 9.17) is 4.74 Å². The summed E-state index contributed by atoms with van der Waals surface area (Å²) in [5, 5.41) is 2.66. The maximum Gasteiger partial charge on any atom is 0.325 e. The lowest BCUT2D eigenvalue weighted by molar-refractivity contribution is -0.130. The number of carbonyl (C=O) groups is 3. The first kappa shape index (κ1) is 22.1. The van der Waals surface area contributed by atoms with Crippen LogP contribution < -0.4 is 5.32 Å². The molecular formula is C22H23N3O6S. The summed E-state index contributed by atoms with van der Waals surface area (Å²) in [7, 11) is -3.68.